The fourth-order valence-electron chi connectivity index (χ4n) is 3.08. The number of amides is 2. The summed E-state index contributed by atoms with van der Waals surface area (Å²) in [4.78, 5) is 24.2. The van der Waals surface area contributed by atoms with E-state index in [9.17, 15) is 18.0 Å². The minimum atomic E-state index is -3.84. The number of sulfonamides is 1. The molecule has 3 N–H and O–H groups in total. The Balaban J connectivity index is 1.47. The molecule has 0 radical (unpaired) electrons. The van der Waals surface area contributed by atoms with Gasteiger partial charge in [-0.15, -0.1) is 0 Å². The van der Waals surface area contributed by atoms with Gasteiger partial charge in [-0.1, -0.05) is 32.9 Å². The highest BCUT2D eigenvalue weighted by molar-refractivity contribution is 7.89. The lowest BCUT2D eigenvalue weighted by Crippen LogP contribution is -2.42. The van der Waals surface area contributed by atoms with E-state index in [0.29, 0.717) is 36.7 Å². The Morgan fingerprint density at radius 2 is 1.61 bits per heavy atom. The molecule has 10 heteroatoms. The predicted molar refractivity (Wildman–Crippen MR) is 123 cm³/mol. The number of hydrogen-bond acceptors (Lipinski definition) is 6. The van der Waals surface area contributed by atoms with Crippen LogP contribution < -0.4 is 25.0 Å². The van der Waals surface area contributed by atoms with Crippen molar-refractivity contribution in [1.82, 2.24) is 15.6 Å². The molecule has 0 fully saturated rings. The minimum Gasteiger partial charge on any atom is -0.490 e. The maximum Gasteiger partial charge on any atom is 0.269 e. The van der Waals surface area contributed by atoms with E-state index in [0.717, 1.165) is 5.56 Å². The summed E-state index contributed by atoms with van der Waals surface area (Å²) >= 11 is 0. The van der Waals surface area contributed by atoms with Crippen molar-refractivity contribution in [3.63, 3.8) is 0 Å². The van der Waals surface area contributed by atoms with Crippen LogP contribution >= 0.6 is 0 Å². The molecule has 0 aromatic heterocycles. The Kier molecular flexibility index (Phi) is 7.60. The van der Waals surface area contributed by atoms with E-state index < -0.39 is 21.8 Å². The van der Waals surface area contributed by atoms with Crippen molar-refractivity contribution in [3.8, 4) is 11.5 Å². The summed E-state index contributed by atoms with van der Waals surface area (Å²) in [5.74, 6) is -0.131. The molecule has 0 spiro atoms. The zero-order valence-corrected chi connectivity index (χ0v) is 19.8. The quantitative estimate of drug-likeness (QED) is 0.551. The molecule has 2 aromatic rings. The van der Waals surface area contributed by atoms with Crippen LogP contribution in [0.4, 0.5) is 0 Å². The third-order valence-corrected chi connectivity index (χ3v) is 6.46. The monoisotopic (exact) mass is 475 g/mol. The normalized spacial score (nSPS) is 13.7. The van der Waals surface area contributed by atoms with Crippen molar-refractivity contribution >= 4 is 21.8 Å². The van der Waals surface area contributed by atoms with Crippen LogP contribution in [0.15, 0.2) is 47.4 Å². The fraction of sp³-hybridized carbons (Fsp3) is 0.391. The van der Waals surface area contributed by atoms with Gasteiger partial charge in [-0.2, -0.15) is 0 Å². The van der Waals surface area contributed by atoms with Crippen molar-refractivity contribution in [1.29, 1.82) is 0 Å². The molecule has 1 aliphatic heterocycles. The third-order valence-electron chi connectivity index (χ3n) is 5.00. The molecular weight excluding hydrogens is 446 g/mol. The number of benzene rings is 2. The maximum atomic E-state index is 12.5. The number of ether oxygens (including phenoxy) is 2. The first-order chi connectivity index (χ1) is 15.6. The SMILES string of the molecule is CC(C)(C)c1ccc(C(=O)NNC(=O)CCNS(=O)(=O)c2ccc3c(c2)OCCCO3)cc1. The summed E-state index contributed by atoms with van der Waals surface area (Å²) in [5, 5.41) is 0. The van der Waals surface area contributed by atoms with Crippen molar-refractivity contribution in [2.24, 2.45) is 0 Å². The molecule has 0 aliphatic carbocycles. The van der Waals surface area contributed by atoms with Gasteiger partial charge < -0.3 is 9.47 Å². The first-order valence-corrected chi connectivity index (χ1v) is 12.1. The Morgan fingerprint density at radius 3 is 2.27 bits per heavy atom. The molecule has 33 heavy (non-hydrogen) atoms. The van der Waals surface area contributed by atoms with Crippen LogP contribution in [0.1, 0.15) is 49.5 Å². The Morgan fingerprint density at radius 1 is 0.939 bits per heavy atom. The number of carbonyl (C=O) groups excluding carboxylic acids is 2. The van der Waals surface area contributed by atoms with E-state index in [4.69, 9.17) is 9.47 Å². The molecule has 2 aromatic carbocycles. The second-order valence-corrected chi connectivity index (χ2v) is 10.4. The molecule has 0 saturated heterocycles. The summed E-state index contributed by atoms with van der Waals surface area (Å²) in [5.41, 5.74) is 6.08. The summed E-state index contributed by atoms with van der Waals surface area (Å²) in [7, 11) is -3.84. The Labute approximate surface area is 193 Å². The smallest absolute Gasteiger partial charge is 0.269 e. The van der Waals surface area contributed by atoms with Crippen molar-refractivity contribution in [2.45, 2.75) is 43.9 Å². The van der Waals surface area contributed by atoms with E-state index in [1.54, 1.807) is 18.2 Å². The van der Waals surface area contributed by atoms with Crippen molar-refractivity contribution < 1.29 is 27.5 Å². The largest absolute Gasteiger partial charge is 0.490 e. The van der Waals surface area contributed by atoms with Gasteiger partial charge in [0, 0.05) is 31.0 Å². The van der Waals surface area contributed by atoms with Crippen LogP contribution in [-0.4, -0.2) is 40.0 Å². The molecule has 0 bridgehead atoms. The molecule has 178 valence electrons. The first-order valence-electron chi connectivity index (χ1n) is 10.7. The third kappa shape index (κ3) is 6.69. The molecule has 3 rings (SSSR count). The van der Waals surface area contributed by atoms with Gasteiger partial charge in [0.05, 0.1) is 18.1 Å². The fourth-order valence-corrected chi connectivity index (χ4v) is 4.12. The highest BCUT2D eigenvalue weighted by atomic mass is 32.2. The predicted octanol–water partition coefficient (Wildman–Crippen LogP) is 2.28. The maximum absolute atomic E-state index is 12.5. The first kappa shape index (κ1) is 24.5. The van der Waals surface area contributed by atoms with Gasteiger partial charge in [-0.3, -0.25) is 20.4 Å². The minimum absolute atomic E-state index is 0.0131. The number of carbonyl (C=O) groups is 2. The highest BCUT2D eigenvalue weighted by Gasteiger charge is 2.19. The van der Waals surface area contributed by atoms with Gasteiger partial charge in [0.25, 0.3) is 5.91 Å². The lowest BCUT2D eigenvalue weighted by Gasteiger charge is -2.19. The van der Waals surface area contributed by atoms with Crippen molar-refractivity contribution in [3.05, 3.63) is 53.6 Å². The zero-order valence-electron chi connectivity index (χ0n) is 18.9. The van der Waals surface area contributed by atoms with Crippen LogP contribution in [0.3, 0.4) is 0 Å². The molecule has 0 atom stereocenters. The van der Waals surface area contributed by atoms with E-state index in [2.05, 4.69) is 36.3 Å². The number of rotatable bonds is 6. The van der Waals surface area contributed by atoms with Gasteiger partial charge >= 0.3 is 0 Å². The summed E-state index contributed by atoms with van der Waals surface area (Å²) in [6.07, 6.45) is 0.552. The topological polar surface area (TPSA) is 123 Å². The molecule has 0 saturated carbocycles. The molecule has 1 aliphatic rings. The second kappa shape index (κ2) is 10.2. The Bertz CT molecular complexity index is 1110. The van der Waals surface area contributed by atoms with Crippen molar-refractivity contribution in [2.75, 3.05) is 19.8 Å². The van der Waals surface area contributed by atoms with Crippen LogP contribution in [0.25, 0.3) is 0 Å². The standard InChI is InChI=1S/C23H29N3O6S/c1-23(2,3)17-7-5-16(6-8-17)22(28)26-25-21(27)11-12-24-33(29,30)18-9-10-19-20(15-18)32-14-4-13-31-19/h5-10,15,24H,4,11-14H2,1-3H3,(H,25,27)(H,26,28). The summed E-state index contributed by atoms with van der Waals surface area (Å²) in [6, 6.07) is 11.5. The van der Waals surface area contributed by atoms with Gasteiger partial charge in [0.2, 0.25) is 15.9 Å². The average molecular weight is 476 g/mol. The highest BCUT2D eigenvalue weighted by Crippen LogP contribution is 2.31. The van der Waals surface area contributed by atoms with Gasteiger partial charge in [-0.05, 0) is 35.2 Å². The van der Waals surface area contributed by atoms with Gasteiger partial charge in [-0.25, -0.2) is 13.1 Å². The van der Waals surface area contributed by atoms with Gasteiger partial charge in [0.1, 0.15) is 0 Å². The molecule has 2 amide bonds. The zero-order chi connectivity index (χ0) is 24.1. The van der Waals surface area contributed by atoms with Crippen LogP contribution in [0.2, 0.25) is 0 Å². The Hall–Kier alpha value is -3.11. The molecule has 9 nitrogen and oxygen atoms in total. The average Bonchev–Trinajstić information content (AvgIpc) is 3.02. The van der Waals surface area contributed by atoms with Crippen LogP contribution in [-0.2, 0) is 20.2 Å². The number of nitrogens with one attached hydrogen (secondary N) is 3. The van der Waals surface area contributed by atoms with Crippen LogP contribution in [0, 0.1) is 0 Å². The summed E-state index contributed by atoms with van der Waals surface area (Å²) in [6.45, 7) is 7.03. The second-order valence-electron chi connectivity index (χ2n) is 8.64. The van der Waals surface area contributed by atoms with Crippen LogP contribution in [0.5, 0.6) is 11.5 Å². The number of hydrazine groups is 1. The van der Waals surface area contributed by atoms with Gasteiger partial charge in [0.15, 0.2) is 11.5 Å². The van der Waals surface area contributed by atoms with E-state index in [1.807, 2.05) is 12.1 Å². The number of hydrogen-bond donors (Lipinski definition) is 3. The molecule has 0 unspecified atom stereocenters. The molecular formula is C23H29N3O6S. The van der Waals surface area contributed by atoms with E-state index >= 15 is 0 Å². The van der Waals surface area contributed by atoms with E-state index in [1.165, 1.54) is 12.1 Å². The lowest BCUT2D eigenvalue weighted by molar-refractivity contribution is -0.121. The van der Waals surface area contributed by atoms with E-state index in [-0.39, 0.29) is 23.3 Å². The number of fused-ring (bicyclic) bond motifs is 1. The summed E-state index contributed by atoms with van der Waals surface area (Å²) < 4.78 is 38.4. The lowest BCUT2D eigenvalue weighted by atomic mass is 9.87. The molecule has 1 heterocycles.